The quantitative estimate of drug-likeness (QED) is 0.801. The van der Waals surface area contributed by atoms with Gasteiger partial charge in [0.15, 0.2) is 0 Å². The molecule has 5 nitrogen and oxygen atoms in total. The summed E-state index contributed by atoms with van der Waals surface area (Å²) in [6.45, 7) is 2.06. The third kappa shape index (κ3) is 3.87. The Kier molecular flexibility index (Phi) is 5.09. The van der Waals surface area contributed by atoms with Crippen molar-refractivity contribution in [2.45, 2.75) is 6.54 Å². The molecule has 0 saturated heterocycles. The van der Waals surface area contributed by atoms with Gasteiger partial charge < -0.3 is 15.2 Å². The second-order valence-electron chi connectivity index (χ2n) is 3.83. The van der Waals surface area contributed by atoms with Gasteiger partial charge in [0.05, 0.1) is 11.6 Å². The van der Waals surface area contributed by atoms with Gasteiger partial charge in [0, 0.05) is 25.8 Å². The number of halogens is 1. The van der Waals surface area contributed by atoms with E-state index in [9.17, 15) is 5.11 Å². The van der Waals surface area contributed by atoms with Crippen molar-refractivity contribution in [2.75, 3.05) is 20.3 Å². The Hall–Kier alpha value is -1.21. The fourth-order valence-corrected chi connectivity index (χ4v) is 2.58. The molecule has 0 fully saturated rings. The van der Waals surface area contributed by atoms with Crippen LogP contribution in [0.4, 0.5) is 0 Å². The monoisotopic (exact) mass is 299 g/mol. The summed E-state index contributed by atoms with van der Waals surface area (Å²) in [5.41, 5.74) is 0.697. The highest BCUT2D eigenvalue weighted by Gasteiger charge is 2.10. The zero-order chi connectivity index (χ0) is 13.7. The number of hydrogen-bond acceptors (Lipinski definition) is 6. The maximum Gasteiger partial charge on any atom is 0.149 e. The van der Waals surface area contributed by atoms with Crippen LogP contribution in [0.25, 0.3) is 10.6 Å². The average Bonchev–Trinajstić information content (AvgIpc) is 2.86. The molecule has 0 bridgehead atoms. The molecule has 0 atom stereocenters. The van der Waals surface area contributed by atoms with Crippen LogP contribution in [0.2, 0.25) is 5.02 Å². The zero-order valence-electron chi connectivity index (χ0n) is 10.4. The first kappa shape index (κ1) is 14.2. The van der Waals surface area contributed by atoms with Gasteiger partial charge >= 0.3 is 0 Å². The number of aromatic hydroxyl groups is 1. The zero-order valence-corrected chi connectivity index (χ0v) is 12.0. The van der Waals surface area contributed by atoms with Crippen molar-refractivity contribution in [3.05, 3.63) is 28.2 Å². The van der Waals surface area contributed by atoms with Crippen molar-refractivity contribution in [3.63, 3.8) is 0 Å². The number of ether oxygens (including phenoxy) is 1. The fourth-order valence-electron chi connectivity index (χ4n) is 1.48. The molecule has 1 aromatic heterocycles. The molecular weight excluding hydrogens is 286 g/mol. The minimum Gasteiger partial charge on any atom is -0.508 e. The molecule has 0 radical (unpaired) electrons. The number of phenolic OH excluding ortho intramolecular Hbond substituents is 1. The molecule has 0 amide bonds. The standard InChI is InChI=1S/C12H14ClN3O2S/c1-18-5-4-14-7-11-15-16-12(19-11)9-6-8(17)2-3-10(9)13/h2-3,6,14,17H,4-5,7H2,1H3. The maximum absolute atomic E-state index is 9.48. The van der Waals surface area contributed by atoms with Gasteiger partial charge in [-0.25, -0.2) is 0 Å². The van der Waals surface area contributed by atoms with Gasteiger partial charge in [0.1, 0.15) is 15.8 Å². The summed E-state index contributed by atoms with van der Waals surface area (Å²) in [6, 6.07) is 4.77. The summed E-state index contributed by atoms with van der Waals surface area (Å²) in [7, 11) is 1.66. The molecule has 0 spiro atoms. The van der Waals surface area contributed by atoms with Crippen molar-refractivity contribution in [3.8, 4) is 16.3 Å². The van der Waals surface area contributed by atoms with Gasteiger partial charge in [-0.2, -0.15) is 0 Å². The summed E-state index contributed by atoms with van der Waals surface area (Å²) in [6.07, 6.45) is 0. The highest BCUT2D eigenvalue weighted by molar-refractivity contribution is 7.14. The van der Waals surface area contributed by atoms with Crippen LogP contribution in [-0.2, 0) is 11.3 Å². The molecule has 0 aliphatic heterocycles. The number of nitrogens with zero attached hydrogens (tertiary/aromatic N) is 2. The number of aromatic nitrogens is 2. The lowest BCUT2D eigenvalue weighted by molar-refractivity contribution is 0.199. The minimum atomic E-state index is 0.161. The average molecular weight is 300 g/mol. The molecule has 1 heterocycles. The van der Waals surface area contributed by atoms with Crippen LogP contribution in [0.3, 0.4) is 0 Å². The third-order valence-electron chi connectivity index (χ3n) is 2.41. The summed E-state index contributed by atoms with van der Waals surface area (Å²) in [5, 5.41) is 23.0. The number of methoxy groups -OCH3 is 1. The smallest absolute Gasteiger partial charge is 0.149 e. The van der Waals surface area contributed by atoms with Crippen molar-refractivity contribution in [2.24, 2.45) is 0 Å². The SMILES string of the molecule is COCCNCc1nnc(-c2cc(O)ccc2Cl)s1. The van der Waals surface area contributed by atoms with E-state index in [0.29, 0.717) is 28.7 Å². The Morgan fingerprint density at radius 1 is 1.42 bits per heavy atom. The second-order valence-corrected chi connectivity index (χ2v) is 5.30. The van der Waals surface area contributed by atoms with Gasteiger partial charge in [0.25, 0.3) is 0 Å². The predicted octanol–water partition coefficient (Wildman–Crippen LogP) is 2.30. The number of benzene rings is 1. The molecule has 1 aromatic carbocycles. The Balaban J connectivity index is 2.06. The molecule has 0 aliphatic rings. The molecule has 0 saturated carbocycles. The van der Waals surface area contributed by atoms with Gasteiger partial charge in [-0.15, -0.1) is 10.2 Å². The van der Waals surface area contributed by atoms with Gasteiger partial charge in [-0.05, 0) is 18.2 Å². The normalized spacial score (nSPS) is 10.8. The van der Waals surface area contributed by atoms with Crippen LogP contribution in [0.5, 0.6) is 5.75 Å². The molecule has 102 valence electrons. The van der Waals surface area contributed by atoms with Gasteiger partial charge in [-0.3, -0.25) is 0 Å². The van der Waals surface area contributed by atoms with E-state index in [1.807, 2.05) is 0 Å². The molecule has 2 N–H and O–H groups in total. The summed E-state index contributed by atoms with van der Waals surface area (Å²) in [5.74, 6) is 0.161. The molecule has 0 aliphatic carbocycles. The van der Waals surface area contributed by atoms with Crippen molar-refractivity contribution < 1.29 is 9.84 Å². The lowest BCUT2D eigenvalue weighted by Gasteiger charge is -2.00. The maximum atomic E-state index is 9.48. The van der Waals surface area contributed by atoms with E-state index < -0.39 is 0 Å². The minimum absolute atomic E-state index is 0.161. The molecule has 7 heteroatoms. The topological polar surface area (TPSA) is 67.3 Å². The third-order valence-corrected chi connectivity index (χ3v) is 3.69. The van der Waals surface area contributed by atoms with E-state index in [1.165, 1.54) is 11.3 Å². The molecule has 2 aromatic rings. The van der Waals surface area contributed by atoms with Crippen LogP contribution in [-0.4, -0.2) is 35.6 Å². The molecular formula is C12H14ClN3O2S. The van der Waals surface area contributed by atoms with Crippen LogP contribution < -0.4 is 5.32 Å². The first-order valence-electron chi connectivity index (χ1n) is 5.71. The number of rotatable bonds is 6. The van der Waals surface area contributed by atoms with E-state index in [2.05, 4.69) is 15.5 Å². The van der Waals surface area contributed by atoms with Crippen molar-refractivity contribution >= 4 is 22.9 Å². The van der Waals surface area contributed by atoms with E-state index in [0.717, 1.165) is 11.6 Å². The highest BCUT2D eigenvalue weighted by Crippen LogP contribution is 2.32. The van der Waals surface area contributed by atoms with Crippen LogP contribution in [0.1, 0.15) is 5.01 Å². The Morgan fingerprint density at radius 3 is 3.05 bits per heavy atom. The fraction of sp³-hybridized carbons (Fsp3) is 0.333. The van der Waals surface area contributed by atoms with E-state index in [1.54, 1.807) is 25.3 Å². The summed E-state index contributed by atoms with van der Waals surface area (Å²) in [4.78, 5) is 0. The largest absolute Gasteiger partial charge is 0.508 e. The first-order valence-corrected chi connectivity index (χ1v) is 6.91. The number of phenols is 1. The summed E-state index contributed by atoms with van der Waals surface area (Å²) >= 11 is 7.53. The molecule has 0 unspecified atom stereocenters. The molecule has 19 heavy (non-hydrogen) atoms. The van der Waals surface area contributed by atoms with Crippen LogP contribution in [0, 0.1) is 0 Å². The molecule has 2 rings (SSSR count). The lowest BCUT2D eigenvalue weighted by Crippen LogP contribution is -2.18. The van der Waals surface area contributed by atoms with E-state index in [4.69, 9.17) is 16.3 Å². The van der Waals surface area contributed by atoms with Gasteiger partial charge in [0.2, 0.25) is 0 Å². The Labute approximate surface area is 120 Å². The van der Waals surface area contributed by atoms with E-state index in [-0.39, 0.29) is 5.75 Å². The van der Waals surface area contributed by atoms with Crippen molar-refractivity contribution in [1.29, 1.82) is 0 Å². The van der Waals surface area contributed by atoms with Gasteiger partial charge in [-0.1, -0.05) is 22.9 Å². The van der Waals surface area contributed by atoms with E-state index >= 15 is 0 Å². The first-order chi connectivity index (χ1) is 9.20. The van der Waals surface area contributed by atoms with Crippen LogP contribution in [0.15, 0.2) is 18.2 Å². The predicted molar refractivity (Wildman–Crippen MR) is 75.6 cm³/mol. The number of hydrogen-bond donors (Lipinski definition) is 2. The second kappa shape index (κ2) is 6.81. The van der Waals surface area contributed by atoms with Crippen LogP contribution >= 0.6 is 22.9 Å². The lowest BCUT2D eigenvalue weighted by atomic mass is 10.2. The Morgan fingerprint density at radius 2 is 2.26 bits per heavy atom. The highest BCUT2D eigenvalue weighted by atomic mass is 35.5. The summed E-state index contributed by atoms with van der Waals surface area (Å²) < 4.78 is 4.94. The van der Waals surface area contributed by atoms with Crippen molar-refractivity contribution in [1.82, 2.24) is 15.5 Å². The number of nitrogens with one attached hydrogen (secondary N) is 1. The Bertz CT molecular complexity index is 548.